The van der Waals surface area contributed by atoms with Crippen LogP contribution in [0, 0.1) is 11.1 Å². The molecule has 1 fully saturated rings. The first-order valence-corrected chi connectivity index (χ1v) is 11.0. The highest BCUT2D eigenvalue weighted by atomic mass is 16.5. The van der Waals surface area contributed by atoms with Gasteiger partial charge in [-0.3, -0.25) is 14.5 Å². The number of piperidine rings is 1. The minimum absolute atomic E-state index is 0.0813. The van der Waals surface area contributed by atoms with E-state index in [2.05, 4.69) is 4.99 Å². The van der Waals surface area contributed by atoms with Gasteiger partial charge in [-0.25, -0.2) is 4.99 Å². The molecule has 0 spiro atoms. The monoisotopic (exact) mass is 451 g/mol. The lowest BCUT2D eigenvalue weighted by atomic mass is 9.89. The molecule has 33 heavy (non-hydrogen) atoms. The molecule has 3 heterocycles. The molecular weight excluding hydrogens is 422 g/mol. The van der Waals surface area contributed by atoms with Crippen molar-refractivity contribution in [3.8, 4) is 16.9 Å². The number of ether oxygens (including phenoxy) is 1. The zero-order valence-corrected chi connectivity index (χ0v) is 19.2. The Balaban J connectivity index is 1.55. The largest absolute Gasteiger partial charge is 0.619 e. The number of aromatic nitrogens is 1. The third-order valence-electron chi connectivity index (χ3n) is 6.59. The van der Waals surface area contributed by atoms with Crippen LogP contribution < -0.4 is 15.2 Å². The number of pyridine rings is 1. The molecule has 1 saturated heterocycles. The molecule has 0 unspecified atom stereocenters. The van der Waals surface area contributed by atoms with Crippen LogP contribution in [-0.4, -0.2) is 54.3 Å². The van der Waals surface area contributed by atoms with E-state index in [1.807, 2.05) is 29.2 Å². The first kappa shape index (κ1) is 22.6. The molecule has 0 radical (unpaired) electrons. The second-order valence-electron chi connectivity index (χ2n) is 8.81. The fraction of sp³-hybridized carbons (Fsp3) is 0.417. The zero-order valence-electron chi connectivity index (χ0n) is 19.2. The van der Waals surface area contributed by atoms with Crippen LogP contribution in [0.1, 0.15) is 32.3 Å². The first-order chi connectivity index (χ1) is 15.7. The molecule has 2 N–H and O–H groups in total. The quantitative estimate of drug-likeness (QED) is 0.548. The summed E-state index contributed by atoms with van der Waals surface area (Å²) in [4.78, 5) is 33.0. The molecule has 0 aliphatic carbocycles. The van der Waals surface area contributed by atoms with Crippen LogP contribution in [0.5, 0.6) is 5.75 Å². The Hall–Kier alpha value is -3.62. The second-order valence-corrected chi connectivity index (χ2v) is 8.81. The normalized spacial score (nSPS) is 21.3. The lowest BCUT2D eigenvalue weighted by Gasteiger charge is -2.33. The number of guanidine groups is 1. The number of nitrogens with two attached hydrogens (primary N) is 1. The fourth-order valence-electron chi connectivity index (χ4n) is 4.56. The van der Waals surface area contributed by atoms with Crippen LogP contribution in [0.4, 0.5) is 0 Å². The van der Waals surface area contributed by atoms with Gasteiger partial charge in [0.05, 0.1) is 12.7 Å². The highest BCUT2D eigenvalue weighted by Crippen LogP contribution is 2.36. The molecule has 2 aromatic rings. The lowest BCUT2D eigenvalue weighted by Crippen LogP contribution is -2.46. The maximum atomic E-state index is 13.5. The SMILES string of the molecule is COc1cc(-c2cccc([C@@]3(C)N=C(N)N(CC4CCN(C(C)=O)CC4)C3=O)c2)c[n+]([O-])c1. The molecular formula is C24H29N5O4. The predicted octanol–water partition coefficient (Wildman–Crippen LogP) is 1.63. The van der Waals surface area contributed by atoms with Gasteiger partial charge in [0.25, 0.3) is 5.91 Å². The minimum Gasteiger partial charge on any atom is -0.619 e. The Morgan fingerprint density at radius 2 is 2.00 bits per heavy atom. The van der Waals surface area contributed by atoms with Gasteiger partial charge in [0.15, 0.2) is 23.4 Å². The standard InChI is InChI=1S/C24H29N5O4/c1-16(30)27-9-7-17(8-10-27)13-29-22(31)24(2,26-23(29)25)20-6-4-5-18(11-20)19-12-21(33-3)15-28(32)14-19/h4-6,11-12,14-15,17H,7-10,13H2,1-3H3,(H2,25,26)/t24-/m1/s1. The molecule has 1 aromatic carbocycles. The Morgan fingerprint density at radius 1 is 1.27 bits per heavy atom. The van der Waals surface area contributed by atoms with Crippen molar-refractivity contribution < 1.29 is 19.1 Å². The van der Waals surface area contributed by atoms with Crippen molar-refractivity contribution in [3.05, 3.63) is 53.5 Å². The molecule has 0 saturated carbocycles. The number of hydrogen-bond donors (Lipinski definition) is 1. The molecule has 174 valence electrons. The van der Waals surface area contributed by atoms with Gasteiger partial charge < -0.3 is 20.6 Å². The lowest BCUT2D eigenvalue weighted by molar-refractivity contribution is -0.605. The topological polar surface area (TPSA) is 115 Å². The van der Waals surface area contributed by atoms with Crippen LogP contribution >= 0.6 is 0 Å². The van der Waals surface area contributed by atoms with Crippen molar-refractivity contribution in [3.63, 3.8) is 0 Å². The summed E-state index contributed by atoms with van der Waals surface area (Å²) >= 11 is 0. The van der Waals surface area contributed by atoms with Crippen molar-refractivity contribution in [1.82, 2.24) is 9.80 Å². The average Bonchev–Trinajstić information content (AvgIpc) is 3.03. The highest BCUT2D eigenvalue weighted by Gasteiger charge is 2.46. The number of methoxy groups -OCH3 is 1. The number of nitrogens with zero attached hydrogens (tertiary/aromatic N) is 4. The van der Waals surface area contributed by atoms with E-state index in [0.29, 0.717) is 41.2 Å². The van der Waals surface area contributed by atoms with E-state index >= 15 is 0 Å². The Bertz CT molecular complexity index is 1110. The van der Waals surface area contributed by atoms with Crippen LogP contribution in [0.15, 0.2) is 47.7 Å². The summed E-state index contributed by atoms with van der Waals surface area (Å²) in [6.45, 7) is 5.22. The van der Waals surface area contributed by atoms with Crippen molar-refractivity contribution in [2.24, 2.45) is 16.6 Å². The highest BCUT2D eigenvalue weighted by molar-refractivity contribution is 6.07. The van der Waals surface area contributed by atoms with E-state index in [1.165, 1.54) is 19.5 Å². The van der Waals surface area contributed by atoms with E-state index in [9.17, 15) is 14.8 Å². The van der Waals surface area contributed by atoms with Gasteiger partial charge in [-0.2, -0.15) is 4.73 Å². The molecule has 4 rings (SSSR count). The van der Waals surface area contributed by atoms with Crippen molar-refractivity contribution in [2.45, 2.75) is 32.2 Å². The summed E-state index contributed by atoms with van der Waals surface area (Å²) in [6.07, 6.45) is 4.46. The predicted molar refractivity (Wildman–Crippen MR) is 123 cm³/mol. The molecule has 1 aromatic heterocycles. The number of aliphatic imine (C=N–C) groups is 1. The van der Waals surface area contributed by atoms with Gasteiger partial charge in [-0.15, -0.1) is 0 Å². The van der Waals surface area contributed by atoms with Gasteiger partial charge in [0.2, 0.25) is 12.1 Å². The van der Waals surface area contributed by atoms with Gasteiger partial charge in [0, 0.05) is 32.6 Å². The van der Waals surface area contributed by atoms with E-state index in [-0.39, 0.29) is 23.7 Å². The number of benzene rings is 1. The summed E-state index contributed by atoms with van der Waals surface area (Å²) in [5.41, 5.74) is 7.21. The molecule has 1 atom stereocenters. The van der Waals surface area contributed by atoms with E-state index in [1.54, 1.807) is 24.8 Å². The molecule has 2 aliphatic heterocycles. The third kappa shape index (κ3) is 4.35. The average molecular weight is 452 g/mol. The number of amides is 2. The number of likely N-dealkylation sites (tertiary alicyclic amines) is 1. The second kappa shape index (κ2) is 8.73. The molecule has 2 amide bonds. The maximum Gasteiger partial charge on any atom is 0.261 e. The molecule has 0 bridgehead atoms. The number of carbonyl (C=O) groups is 2. The Kier molecular flexibility index (Phi) is 5.97. The summed E-state index contributed by atoms with van der Waals surface area (Å²) in [5.74, 6) is 0.825. The maximum absolute atomic E-state index is 13.5. The van der Waals surface area contributed by atoms with E-state index < -0.39 is 5.54 Å². The Labute approximate surface area is 193 Å². The van der Waals surface area contributed by atoms with E-state index in [4.69, 9.17) is 10.5 Å². The van der Waals surface area contributed by atoms with Gasteiger partial charge in [-0.05, 0) is 42.9 Å². The number of rotatable bonds is 5. The van der Waals surface area contributed by atoms with Gasteiger partial charge in [0.1, 0.15) is 0 Å². The number of carbonyl (C=O) groups excluding carboxylic acids is 2. The zero-order chi connectivity index (χ0) is 23.8. The summed E-state index contributed by atoms with van der Waals surface area (Å²) in [5, 5.41) is 11.9. The first-order valence-electron chi connectivity index (χ1n) is 11.0. The smallest absolute Gasteiger partial charge is 0.261 e. The molecule has 9 heteroatoms. The number of hydrogen-bond acceptors (Lipinski definition) is 6. The third-order valence-corrected chi connectivity index (χ3v) is 6.59. The Morgan fingerprint density at radius 3 is 2.67 bits per heavy atom. The fourth-order valence-corrected chi connectivity index (χ4v) is 4.56. The van der Waals surface area contributed by atoms with Crippen LogP contribution in [0.25, 0.3) is 11.1 Å². The summed E-state index contributed by atoms with van der Waals surface area (Å²) < 4.78 is 5.90. The summed E-state index contributed by atoms with van der Waals surface area (Å²) in [7, 11) is 1.50. The van der Waals surface area contributed by atoms with Crippen molar-refractivity contribution in [1.29, 1.82) is 0 Å². The minimum atomic E-state index is -1.15. The van der Waals surface area contributed by atoms with Gasteiger partial charge in [-0.1, -0.05) is 18.2 Å². The van der Waals surface area contributed by atoms with Crippen LogP contribution in [0.3, 0.4) is 0 Å². The molecule has 2 aliphatic rings. The molecule has 9 nitrogen and oxygen atoms in total. The van der Waals surface area contributed by atoms with E-state index in [0.717, 1.165) is 18.4 Å². The van der Waals surface area contributed by atoms with Crippen molar-refractivity contribution in [2.75, 3.05) is 26.7 Å². The van der Waals surface area contributed by atoms with Crippen LogP contribution in [-0.2, 0) is 15.1 Å². The van der Waals surface area contributed by atoms with Gasteiger partial charge >= 0.3 is 0 Å². The van der Waals surface area contributed by atoms with Crippen molar-refractivity contribution >= 4 is 17.8 Å². The summed E-state index contributed by atoms with van der Waals surface area (Å²) in [6, 6.07) is 9.18. The van der Waals surface area contributed by atoms with Crippen LogP contribution in [0.2, 0.25) is 0 Å².